The number of carbonyl (C=O) groups excluding carboxylic acids is 1. The Labute approximate surface area is 131 Å². The number of piperazine rings is 1. The van der Waals surface area contributed by atoms with Crippen molar-refractivity contribution in [2.24, 2.45) is 0 Å². The Kier molecular flexibility index (Phi) is 4.36. The molecule has 0 unspecified atom stereocenters. The number of halogens is 1. The molecule has 1 atom stereocenters. The van der Waals surface area contributed by atoms with Crippen LogP contribution < -0.4 is 15.1 Å². The fourth-order valence-corrected chi connectivity index (χ4v) is 3.17. The number of nitrogens with one attached hydrogen (secondary N) is 2. The molecule has 5 heteroatoms. The van der Waals surface area contributed by atoms with Gasteiger partial charge in [0.2, 0.25) is 0 Å². The van der Waals surface area contributed by atoms with E-state index in [0.29, 0.717) is 6.04 Å². The molecule has 2 aliphatic rings. The Bertz CT molecular complexity index is 510. The molecule has 1 heterocycles. The Morgan fingerprint density at radius 1 is 1.33 bits per heavy atom. The highest BCUT2D eigenvalue weighted by Gasteiger charge is 2.32. The smallest absolute Gasteiger partial charge is 0.278 e. The molecule has 3 rings (SSSR count). The van der Waals surface area contributed by atoms with Crippen molar-refractivity contribution in [2.45, 2.75) is 31.8 Å². The molecule has 2 N–H and O–H groups in total. The number of quaternary nitrogens is 1. The number of rotatable bonds is 4. The number of amides is 1. The number of anilines is 1. The highest BCUT2D eigenvalue weighted by atomic mass is 35.5. The van der Waals surface area contributed by atoms with Gasteiger partial charge < -0.3 is 15.1 Å². The van der Waals surface area contributed by atoms with Gasteiger partial charge in [-0.05, 0) is 31.9 Å². The van der Waals surface area contributed by atoms with Crippen LogP contribution in [0.3, 0.4) is 0 Å². The van der Waals surface area contributed by atoms with Gasteiger partial charge in [0, 0.05) is 6.04 Å². The van der Waals surface area contributed by atoms with Crippen LogP contribution >= 0.6 is 11.6 Å². The summed E-state index contributed by atoms with van der Waals surface area (Å²) in [6.45, 7) is 5.88. The fraction of sp³-hybridized carbons (Fsp3) is 0.562. The lowest BCUT2D eigenvalue weighted by Gasteiger charge is -2.36. The van der Waals surface area contributed by atoms with Crippen LogP contribution in [-0.4, -0.2) is 44.2 Å². The third kappa shape index (κ3) is 3.50. The second-order valence-electron chi connectivity index (χ2n) is 6.10. The number of hydrogen-bond acceptors (Lipinski definition) is 2. The molecule has 1 amide bonds. The number of hydrogen-bond donors (Lipinski definition) is 2. The lowest BCUT2D eigenvalue weighted by Crippen LogP contribution is -3.19. The van der Waals surface area contributed by atoms with E-state index in [4.69, 9.17) is 11.6 Å². The van der Waals surface area contributed by atoms with E-state index < -0.39 is 0 Å². The van der Waals surface area contributed by atoms with E-state index in [0.717, 1.165) is 49.7 Å². The van der Waals surface area contributed by atoms with Gasteiger partial charge >= 0.3 is 0 Å². The number of carbonyl (C=O) groups is 1. The number of nitrogens with zero attached hydrogens (tertiary/aromatic N) is 1. The normalized spacial score (nSPS) is 21.1. The van der Waals surface area contributed by atoms with Gasteiger partial charge in [0.25, 0.3) is 5.91 Å². The Balaban J connectivity index is 1.54. The molecule has 0 spiro atoms. The third-order valence-electron chi connectivity index (χ3n) is 4.53. The zero-order valence-corrected chi connectivity index (χ0v) is 13.2. The summed E-state index contributed by atoms with van der Waals surface area (Å²) >= 11 is 6.26. The standard InChI is InChI=1S/C16H22ClN3O/c1-12(16(21)18-13-6-7-13)19-8-10-20(11-9-19)15-5-3-2-4-14(15)17/h2-5,12-13H,6-11H2,1H3,(H,18,21)/p+1/t12-/m1/s1. The summed E-state index contributed by atoms with van der Waals surface area (Å²) in [4.78, 5) is 15.8. The van der Waals surface area contributed by atoms with Crippen LogP contribution in [0.2, 0.25) is 5.02 Å². The summed E-state index contributed by atoms with van der Waals surface area (Å²) < 4.78 is 0. The molecule has 2 fully saturated rings. The van der Waals surface area contributed by atoms with Crippen molar-refractivity contribution in [1.82, 2.24) is 5.32 Å². The van der Waals surface area contributed by atoms with Crippen LogP contribution in [-0.2, 0) is 4.79 Å². The third-order valence-corrected chi connectivity index (χ3v) is 4.85. The maximum Gasteiger partial charge on any atom is 0.278 e. The molecule has 0 bridgehead atoms. The largest absolute Gasteiger partial charge is 0.359 e. The van der Waals surface area contributed by atoms with Gasteiger partial charge in [0.15, 0.2) is 6.04 Å². The van der Waals surface area contributed by atoms with Crippen molar-refractivity contribution in [3.05, 3.63) is 29.3 Å². The first-order chi connectivity index (χ1) is 10.1. The molecule has 1 aromatic carbocycles. The first-order valence-electron chi connectivity index (χ1n) is 7.79. The van der Waals surface area contributed by atoms with Crippen molar-refractivity contribution in [1.29, 1.82) is 0 Å². The highest BCUT2D eigenvalue weighted by molar-refractivity contribution is 6.33. The predicted octanol–water partition coefficient (Wildman–Crippen LogP) is 0.712. The van der Waals surface area contributed by atoms with Crippen molar-refractivity contribution < 1.29 is 9.69 Å². The summed E-state index contributed by atoms with van der Waals surface area (Å²) in [5.74, 6) is 0.207. The van der Waals surface area contributed by atoms with Crippen molar-refractivity contribution in [3.63, 3.8) is 0 Å². The zero-order chi connectivity index (χ0) is 14.8. The van der Waals surface area contributed by atoms with Crippen molar-refractivity contribution in [3.8, 4) is 0 Å². The van der Waals surface area contributed by atoms with E-state index in [-0.39, 0.29) is 11.9 Å². The summed E-state index contributed by atoms with van der Waals surface area (Å²) in [6.07, 6.45) is 2.29. The van der Waals surface area contributed by atoms with Crippen LogP contribution in [0.1, 0.15) is 19.8 Å². The fourth-order valence-electron chi connectivity index (χ4n) is 2.92. The molecular formula is C16H23ClN3O+. The second kappa shape index (κ2) is 6.24. The Morgan fingerprint density at radius 2 is 2.00 bits per heavy atom. The lowest BCUT2D eigenvalue weighted by atomic mass is 10.2. The minimum absolute atomic E-state index is 0.0407. The predicted molar refractivity (Wildman–Crippen MR) is 85.0 cm³/mol. The van der Waals surface area contributed by atoms with Crippen LogP contribution in [0.15, 0.2) is 24.3 Å². The summed E-state index contributed by atoms with van der Waals surface area (Å²) in [6, 6.07) is 8.46. The second-order valence-corrected chi connectivity index (χ2v) is 6.51. The molecule has 1 aliphatic heterocycles. The average Bonchev–Trinajstić information content (AvgIpc) is 3.31. The van der Waals surface area contributed by atoms with E-state index in [1.54, 1.807) is 0 Å². The van der Waals surface area contributed by atoms with Gasteiger partial charge in [-0.15, -0.1) is 0 Å². The van der Waals surface area contributed by atoms with Crippen LogP contribution in [0.25, 0.3) is 0 Å². The summed E-state index contributed by atoms with van der Waals surface area (Å²) in [5.41, 5.74) is 1.10. The lowest BCUT2D eigenvalue weighted by molar-refractivity contribution is -0.914. The first-order valence-corrected chi connectivity index (χ1v) is 8.17. The van der Waals surface area contributed by atoms with Gasteiger partial charge in [0.1, 0.15) is 0 Å². The Hall–Kier alpha value is -1.26. The van der Waals surface area contributed by atoms with Crippen LogP contribution in [0, 0.1) is 0 Å². The van der Waals surface area contributed by atoms with Gasteiger partial charge in [-0.1, -0.05) is 23.7 Å². The van der Waals surface area contributed by atoms with E-state index in [2.05, 4.69) is 16.3 Å². The Morgan fingerprint density at radius 3 is 2.62 bits per heavy atom. The zero-order valence-electron chi connectivity index (χ0n) is 12.4. The SMILES string of the molecule is C[C@H](C(=O)NC1CC1)[NH+]1CCN(c2ccccc2Cl)CC1. The minimum Gasteiger partial charge on any atom is -0.359 e. The number of benzene rings is 1. The number of para-hydroxylation sites is 1. The molecule has 114 valence electrons. The quantitative estimate of drug-likeness (QED) is 0.860. The van der Waals surface area contributed by atoms with Crippen LogP contribution in [0.5, 0.6) is 0 Å². The van der Waals surface area contributed by atoms with Gasteiger partial charge in [0.05, 0.1) is 36.9 Å². The molecular weight excluding hydrogens is 286 g/mol. The van der Waals surface area contributed by atoms with Gasteiger partial charge in [-0.25, -0.2) is 0 Å². The van der Waals surface area contributed by atoms with E-state index in [1.165, 1.54) is 4.90 Å². The molecule has 1 aliphatic carbocycles. The van der Waals surface area contributed by atoms with Crippen molar-refractivity contribution in [2.75, 3.05) is 31.1 Å². The maximum absolute atomic E-state index is 12.1. The maximum atomic E-state index is 12.1. The van der Waals surface area contributed by atoms with E-state index in [1.807, 2.05) is 25.1 Å². The molecule has 1 saturated carbocycles. The molecule has 1 saturated heterocycles. The molecule has 4 nitrogen and oxygen atoms in total. The molecule has 21 heavy (non-hydrogen) atoms. The topological polar surface area (TPSA) is 36.8 Å². The molecule has 0 aromatic heterocycles. The monoisotopic (exact) mass is 308 g/mol. The van der Waals surface area contributed by atoms with Gasteiger partial charge in [-0.2, -0.15) is 0 Å². The first kappa shape index (κ1) is 14.7. The van der Waals surface area contributed by atoms with Crippen LogP contribution in [0.4, 0.5) is 5.69 Å². The van der Waals surface area contributed by atoms with Crippen molar-refractivity contribution >= 4 is 23.2 Å². The van der Waals surface area contributed by atoms with E-state index >= 15 is 0 Å². The van der Waals surface area contributed by atoms with Gasteiger partial charge in [-0.3, -0.25) is 4.79 Å². The van der Waals surface area contributed by atoms with E-state index in [9.17, 15) is 4.79 Å². The molecule has 1 aromatic rings. The highest BCUT2D eigenvalue weighted by Crippen LogP contribution is 2.24. The summed E-state index contributed by atoms with van der Waals surface area (Å²) in [7, 11) is 0. The summed E-state index contributed by atoms with van der Waals surface area (Å²) in [5, 5.41) is 3.91. The average molecular weight is 309 g/mol. The molecule has 0 radical (unpaired) electrons. The minimum atomic E-state index is 0.0407.